The number of carbonyl (C=O) groups excluding carboxylic acids is 1. The monoisotopic (exact) mass is 440 g/mol. The van der Waals surface area contributed by atoms with E-state index in [0.717, 1.165) is 16.1 Å². The zero-order valence-electron chi connectivity index (χ0n) is 17.0. The summed E-state index contributed by atoms with van der Waals surface area (Å²) in [6.07, 6.45) is 1.06. The van der Waals surface area contributed by atoms with Crippen LogP contribution in [0.5, 0.6) is 11.5 Å². The summed E-state index contributed by atoms with van der Waals surface area (Å²) in [5.74, 6) is 0.680. The lowest BCUT2D eigenvalue weighted by Gasteiger charge is -2.29. The third kappa shape index (κ3) is 5.55. The topological polar surface area (TPSA) is 84.9 Å². The lowest BCUT2D eigenvalue weighted by Crippen LogP contribution is -2.48. The van der Waals surface area contributed by atoms with Gasteiger partial charge in [0.05, 0.1) is 32.2 Å². The fraction of sp³-hybridized carbons (Fsp3) is 0.350. The molecule has 2 rings (SSSR count). The summed E-state index contributed by atoms with van der Waals surface area (Å²) in [6, 6.07) is 10.3. The fourth-order valence-corrected chi connectivity index (χ4v) is 4.24. The Morgan fingerprint density at radius 3 is 2.14 bits per heavy atom. The Hall–Kier alpha value is -2.45. The Morgan fingerprint density at radius 2 is 1.62 bits per heavy atom. The minimum atomic E-state index is -3.70. The van der Waals surface area contributed by atoms with Gasteiger partial charge in [-0.15, -0.1) is 0 Å². The van der Waals surface area contributed by atoms with Crippen molar-refractivity contribution in [2.24, 2.45) is 0 Å². The van der Waals surface area contributed by atoms with Gasteiger partial charge in [0, 0.05) is 5.02 Å². The largest absolute Gasteiger partial charge is 0.493 e. The van der Waals surface area contributed by atoms with Gasteiger partial charge >= 0.3 is 0 Å². The second kappa shape index (κ2) is 9.37. The van der Waals surface area contributed by atoms with Crippen molar-refractivity contribution in [3.8, 4) is 11.5 Å². The average Bonchev–Trinajstić information content (AvgIpc) is 2.67. The number of rotatable bonds is 8. The third-order valence-corrected chi connectivity index (χ3v) is 5.93. The van der Waals surface area contributed by atoms with E-state index in [2.05, 4.69) is 5.32 Å². The zero-order valence-corrected chi connectivity index (χ0v) is 18.5. The third-order valence-electron chi connectivity index (χ3n) is 4.44. The van der Waals surface area contributed by atoms with Crippen LogP contribution in [0.2, 0.25) is 5.02 Å². The molecule has 2 aromatic rings. The summed E-state index contributed by atoms with van der Waals surface area (Å²) in [5, 5.41) is 3.32. The van der Waals surface area contributed by atoms with Gasteiger partial charge < -0.3 is 14.8 Å². The molecular formula is C20H25ClN2O5S. The Labute approximate surface area is 176 Å². The number of anilines is 1. The highest BCUT2D eigenvalue weighted by Crippen LogP contribution is 2.30. The van der Waals surface area contributed by atoms with Crippen molar-refractivity contribution in [3.05, 3.63) is 53.1 Å². The van der Waals surface area contributed by atoms with E-state index in [1.54, 1.807) is 50.4 Å². The van der Waals surface area contributed by atoms with Crippen LogP contribution in [-0.2, 0) is 14.8 Å². The second-order valence-electron chi connectivity index (χ2n) is 6.56. The maximum atomic E-state index is 12.8. The van der Waals surface area contributed by atoms with Gasteiger partial charge in [0.15, 0.2) is 11.5 Å². The Morgan fingerprint density at radius 1 is 1.03 bits per heavy atom. The summed E-state index contributed by atoms with van der Waals surface area (Å²) in [4.78, 5) is 12.8. The number of sulfonamides is 1. The first-order chi connectivity index (χ1) is 13.6. The van der Waals surface area contributed by atoms with E-state index in [0.29, 0.717) is 22.2 Å². The molecule has 158 valence electrons. The smallest absolute Gasteiger partial charge is 0.244 e. The van der Waals surface area contributed by atoms with Crippen molar-refractivity contribution in [3.63, 3.8) is 0 Å². The standard InChI is InChI=1S/C20H25ClN2O5S/c1-13(15-6-11-18(27-3)19(12-15)28-4)22-20(24)14(2)23(29(5,25)26)17-9-7-16(21)8-10-17/h6-14H,1-5H3,(H,22,24)/t13-,14-/m1/s1. The molecule has 2 atom stereocenters. The fourth-order valence-electron chi connectivity index (χ4n) is 2.94. The van der Waals surface area contributed by atoms with E-state index in [-0.39, 0.29) is 6.04 Å². The normalized spacial score (nSPS) is 13.3. The predicted octanol–water partition coefficient (Wildman–Crippen LogP) is 3.39. The highest BCUT2D eigenvalue weighted by atomic mass is 35.5. The molecule has 0 unspecified atom stereocenters. The SMILES string of the molecule is COc1ccc([C@@H](C)NC(=O)[C@@H](C)N(c2ccc(Cl)cc2)S(C)(=O)=O)cc1OC. The Balaban J connectivity index is 2.24. The molecule has 1 N–H and O–H groups in total. The molecule has 0 heterocycles. The van der Waals surface area contributed by atoms with Crippen LogP contribution in [0, 0.1) is 0 Å². The van der Waals surface area contributed by atoms with Crippen molar-refractivity contribution in [1.29, 1.82) is 0 Å². The molecule has 2 aromatic carbocycles. The number of benzene rings is 2. The molecule has 1 amide bonds. The van der Waals surface area contributed by atoms with Gasteiger partial charge in [-0.05, 0) is 55.8 Å². The van der Waals surface area contributed by atoms with Crippen LogP contribution >= 0.6 is 11.6 Å². The highest BCUT2D eigenvalue weighted by Gasteiger charge is 2.30. The van der Waals surface area contributed by atoms with Crippen molar-refractivity contribution < 1.29 is 22.7 Å². The van der Waals surface area contributed by atoms with E-state index < -0.39 is 22.0 Å². The van der Waals surface area contributed by atoms with Crippen LogP contribution in [0.4, 0.5) is 5.69 Å². The molecule has 0 fully saturated rings. The van der Waals surface area contributed by atoms with Gasteiger partial charge in [-0.2, -0.15) is 0 Å². The number of carbonyl (C=O) groups is 1. The van der Waals surface area contributed by atoms with Crippen molar-refractivity contribution >= 4 is 33.2 Å². The minimum Gasteiger partial charge on any atom is -0.493 e. The van der Waals surface area contributed by atoms with E-state index in [1.807, 2.05) is 6.07 Å². The molecule has 0 spiro atoms. The van der Waals surface area contributed by atoms with Crippen molar-refractivity contribution in [2.45, 2.75) is 25.9 Å². The highest BCUT2D eigenvalue weighted by molar-refractivity contribution is 7.92. The first-order valence-corrected chi connectivity index (χ1v) is 11.1. The average molecular weight is 441 g/mol. The predicted molar refractivity (Wildman–Crippen MR) is 114 cm³/mol. The van der Waals surface area contributed by atoms with Crippen molar-refractivity contribution in [2.75, 3.05) is 24.8 Å². The summed E-state index contributed by atoms with van der Waals surface area (Å²) >= 11 is 5.89. The Bertz CT molecular complexity index is 963. The Kier molecular flexibility index (Phi) is 7.37. The maximum Gasteiger partial charge on any atom is 0.244 e. The molecule has 7 nitrogen and oxygen atoms in total. The van der Waals surface area contributed by atoms with Crippen LogP contribution in [0.15, 0.2) is 42.5 Å². The number of hydrogen-bond acceptors (Lipinski definition) is 5. The van der Waals surface area contributed by atoms with Crippen LogP contribution in [-0.4, -0.2) is 40.8 Å². The van der Waals surface area contributed by atoms with E-state index >= 15 is 0 Å². The zero-order chi connectivity index (χ0) is 21.8. The van der Waals surface area contributed by atoms with E-state index in [1.165, 1.54) is 14.0 Å². The van der Waals surface area contributed by atoms with Crippen LogP contribution < -0.4 is 19.1 Å². The minimum absolute atomic E-state index is 0.360. The molecule has 0 saturated carbocycles. The summed E-state index contributed by atoms with van der Waals surface area (Å²) in [6.45, 7) is 3.34. The van der Waals surface area contributed by atoms with Crippen molar-refractivity contribution in [1.82, 2.24) is 5.32 Å². The van der Waals surface area contributed by atoms with Crippen LogP contribution in [0.25, 0.3) is 0 Å². The summed E-state index contributed by atoms with van der Waals surface area (Å²) in [7, 11) is -0.629. The van der Waals surface area contributed by atoms with Gasteiger partial charge in [-0.1, -0.05) is 17.7 Å². The molecule has 0 radical (unpaired) electrons. The molecular weight excluding hydrogens is 416 g/mol. The molecule has 9 heteroatoms. The number of halogens is 1. The summed E-state index contributed by atoms with van der Waals surface area (Å²) in [5.41, 5.74) is 1.15. The number of ether oxygens (including phenoxy) is 2. The number of nitrogens with zero attached hydrogens (tertiary/aromatic N) is 1. The molecule has 0 aliphatic rings. The first kappa shape index (κ1) is 22.8. The molecule has 0 aliphatic heterocycles. The molecule has 0 bridgehead atoms. The molecule has 0 saturated heterocycles. The molecule has 0 aliphatic carbocycles. The first-order valence-electron chi connectivity index (χ1n) is 8.85. The van der Waals surface area contributed by atoms with Gasteiger partial charge in [-0.25, -0.2) is 8.42 Å². The maximum absolute atomic E-state index is 12.8. The number of methoxy groups -OCH3 is 2. The lowest BCUT2D eigenvalue weighted by molar-refractivity contribution is -0.122. The van der Waals surface area contributed by atoms with Crippen LogP contribution in [0.3, 0.4) is 0 Å². The van der Waals surface area contributed by atoms with E-state index in [4.69, 9.17) is 21.1 Å². The lowest BCUT2D eigenvalue weighted by atomic mass is 10.1. The number of nitrogens with one attached hydrogen (secondary N) is 1. The summed E-state index contributed by atoms with van der Waals surface area (Å²) < 4.78 is 36.3. The second-order valence-corrected chi connectivity index (χ2v) is 8.85. The van der Waals surface area contributed by atoms with Crippen LogP contribution in [0.1, 0.15) is 25.5 Å². The van der Waals surface area contributed by atoms with E-state index in [9.17, 15) is 13.2 Å². The quantitative estimate of drug-likeness (QED) is 0.680. The van der Waals surface area contributed by atoms with Gasteiger partial charge in [-0.3, -0.25) is 9.10 Å². The number of hydrogen-bond donors (Lipinski definition) is 1. The molecule has 0 aromatic heterocycles. The van der Waals surface area contributed by atoms with Gasteiger partial charge in [0.1, 0.15) is 6.04 Å². The van der Waals surface area contributed by atoms with Gasteiger partial charge in [0.2, 0.25) is 15.9 Å². The van der Waals surface area contributed by atoms with Gasteiger partial charge in [0.25, 0.3) is 0 Å². The number of amides is 1. The molecule has 29 heavy (non-hydrogen) atoms.